The molecule has 9 heteroatoms. The quantitative estimate of drug-likeness (QED) is 0.416. The van der Waals surface area contributed by atoms with Crippen LogP contribution in [0, 0.1) is 0 Å². The fourth-order valence-corrected chi connectivity index (χ4v) is 3.51. The number of hydrogen-bond donors (Lipinski definition) is 0. The first-order valence-electron chi connectivity index (χ1n) is 8.80. The molecular formula is C19H24N2O6S. The molecule has 152 valence electrons. The third-order valence-corrected chi connectivity index (χ3v) is 5.26. The summed E-state index contributed by atoms with van der Waals surface area (Å²) in [7, 11) is -2.51. The van der Waals surface area contributed by atoms with E-state index in [1.165, 1.54) is 17.5 Å². The molecule has 28 heavy (non-hydrogen) atoms. The lowest BCUT2D eigenvalue weighted by Gasteiger charge is -2.18. The van der Waals surface area contributed by atoms with Crippen molar-refractivity contribution in [3.8, 4) is 0 Å². The molecule has 0 amide bonds. The van der Waals surface area contributed by atoms with Crippen LogP contribution < -0.4 is 0 Å². The van der Waals surface area contributed by atoms with Crippen molar-refractivity contribution in [3.05, 3.63) is 59.2 Å². The maximum Gasteiger partial charge on any atom is 0.360 e. The highest BCUT2D eigenvalue weighted by atomic mass is 32.2. The van der Waals surface area contributed by atoms with E-state index in [-0.39, 0.29) is 24.7 Å². The maximum absolute atomic E-state index is 12.8. The van der Waals surface area contributed by atoms with E-state index in [0.29, 0.717) is 19.6 Å². The Balaban J connectivity index is 2.16. The van der Waals surface area contributed by atoms with Gasteiger partial charge in [0.25, 0.3) is 0 Å². The topological polar surface area (TPSA) is 98.9 Å². The van der Waals surface area contributed by atoms with E-state index in [1.54, 1.807) is 0 Å². The zero-order chi connectivity index (χ0) is 20.4. The van der Waals surface area contributed by atoms with Gasteiger partial charge in [0, 0.05) is 25.2 Å². The number of carbonyl (C=O) groups excluding carboxylic acids is 1. The summed E-state index contributed by atoms with van der Waals surface area (Å²) in [4.78, 5) is 15.5. The first-order valence-corrected chi connectivity index (χ1v) is 10.3. The van der Waals surface area contributed by atoms with E-state index in [4.69, 9.17) is 9.15 Å². The monoisotopic (exact) mass is 408 g/mol. The molecule has 0 saturated heterocycles. The number of methoxy groups -OCH3 is 1. The number of nitrogens with zero attached hydrogens (tertiary/aromatic N) is 2. The average Bonchev–Trinajstić information content (AvgIpc) is 3.17. The van der Waals surface area contributed by atoms with Crippen LogP contribution in [0.2, 0.25) is 0 Å². The molecule has 8 nitrogen and oxygen atoms in total. The van der Waals surface area contributed by atoms with Crippen LogP contribution in [-0.2, 0) is 26.0 Å². The molecule has 0 aliphatic heterocycles. The normalized spacial score (nSPS) is 12.0. The number of sulfonamides is 1. The van der Waals surface area contributed by atoms with Crippen LogP contribution in [0.5, 0.6) is 0 Å². The number of hydrogen-bond acceptors (Lipinski definition) is 7. The summed E-state index contributed by atoms with van der Waals surface area (Å²) in [5.74, 6) is -0.543. The van der Waals surface area contributed by atoms with Gasteiger partial charge >= 0.3 is 5.97 Å². The standard InChI is InChI=1S/C19H24N2O6S/c1-3-26-12-7-11-21(14-18-20-17(15-27-18)19(22)25-2)28(23,24)13-10-16-8-5-4-6-9-16/h4-6,8-10,13,15H,3,7,11-12,14H2,1-2H3/b13-10+. The molecule has 2 rings (SSSR count). The van der Waals surface area contributed by atoms with Gasteiger partial charge in [0.15, 0.2) is 5.69 Å². The van der Waals surface area contributed by atoms with Gasteiger partial charge in [-0.25, -0.2) is 18.2 Å². The van der Waals surface area contributed by atoms with E-state index in [1.807, 2.05) is 37.3 Å². The van der Waals surface area contributed by atoms with Gasteiger partial charge in [0.05, 0.1) is 13.7 Å². The lowest BCUT2D eigenvalue weighted by Crippen LogP contribution is -2.30. The van der Waals surface area contributed by atoms with Gasteiger partial charge in [0.2, 0.25) is 15.9 Å². The number of carbonyl (C=O) groups is 1. The molecule has 0 aliphatic rings. The van der Waals surface area contributed by atoms with Crippen molar-refractivity contribution >= 4 is 22.1 Å². The van der Waals surface area contributed by atoms with Gasteiger partial charge < -0.3 is 13.9 Å². The number of aromatic nitrogens is 1. The summed E-state index contributed by atoms with van der Waals surface area (Å²) in [6.45, 7) is 2.98. The number of esters is 1. The van der Waals surface area contributed by atoms with Crippen LogP contribution in [0.15, 0.2) is 46.4 Å². The fourth-order valence-electron chi connectivity index (χ4n) is 2.33. The highest BCUT2D eigenvalue weighted by Crippen LogP contribution is 2.14. The molecule has 1 heterocycles. The minimum absolute atomic E-state index is 0.0102. The lowest BCUT2D eigenvalue weighted by atomic mass is 10.2. The third kappa shape index (κ3) is 6.59. The van der Waals surface area contributed by atoms with E-state index >= 15 is 0 Å². The van der Waals surface area contributed by atoms with Crippen molar-refractivity contribution in [3.63, 3.8) is 0 Å². The van der Waals surface area contributed by atoms with Crippen LogP contribution >= 0.6 is 0 Å². The minimum Gasteiger partial charge on any atom is -0.464 e. The summed E-state index contributed by atoms with van der Waals surface area (Å²) in [5, 5.41) is 1.15. The molecule has 0 saturated carbocycles. The predicted octanol–water partition coefficient (Wildman–Crippen LogP) is 2.69. The minimum atomic E-state index is -3.74. The molecule has 2 aromatic rings. The Morgan fingerprint density at radius 3 is 2.71 bits per heavy atom. The molecule has 1 aromatic heterocycles. The third-order valence-electron chi connectivity index (χ3n) is 3.75. The summed E-state index contributed by atoms with van der Waals surface area (Å²) >= 11 is 0. The van der Waals surface area contributed by atoms with Crippen molar-refractivity contribution in [2.75, 3.05) is 26.9 Å². The molecule has 1 aromatic carbocycles. The van der Waals surface area contributed by atoms with Gasteiger partial charge in [-0.3, -0.25) is 0 Å². The Morgan fingerprint density at radius 2 is 2.04 bits per heavy atom. The highest BCUT2D eigenvalue weighted by molar-refractivity contribution is 7.92. The molecule has 0 N–H and O–H groups in total. The van der Waals surface area contributed by atoms with Gasteiger partial charge in [-0.1, -0.05) is 30.3 Å². The summed E-state index contributed by atoms with van der Waals surface area (Å²) in [6, 6.07) is 9.12. The van der Waals surface area contributed by atoms with Crippen molar-refractivity contribution in [2.24, 2.45) is 0 Å². The SMILES string of the molecule is CCOCCCN(Cc1nc(C(=O)OC)co1)S(=O)(=O)/C=C/c1ccccc1. The largest absolute Gasteiger partial charge is 0.464 e. The van der Waals surface area contributed by atoms with Crippen LogP contribution in [0.1, 0.15) is 35.3 Å². The van der Waals surface area contributed by atoms with E-state index < -0.39 is 16.0 Å². The highest BCUT2D eigenvalue weighted by Gasteiger charge is 2.22. The van der Waals surface area contributed by atoms with Gasteiger partial charge in [-0.05, 0) is 25.0 Å². The Hall–Kier alpha value is -2.49. The summed E-state index contributed by atoms with van der Waals surface area (Å²) < 4.78 is 41.9. The van der Waals surface area contributed by atoms with Crippen molar-refractivity contribution < 1.29 is 27.1 Å². The lowest BCUT2D eigenvalue weighted by molar-refractivity contribution is 0.0594. The number of ether oxygens (including phenoxy) is 2. The maximum atomic E-state index is 12.8. The molecule has 0 spiro atoms. The molecule has 0 aliphatic carbocycles. The Kier molecular flexibility index (Phi) is 8.37. The molecule has 0 bridgehead atoms. The Morgan fingerprint density at radius 1 is 1.29 bits per heavy atom. The van der Waals surface area contributed by atoms with Crippen LogP contribution in [0.25, 0.3) is 6.08 Å². The second-order valence-electron chi connectivity index (χ2n) is 5.76. The van der Waals surface area contributed by atoms with Gasteiger partial charge in [0.1, 0.15) is 6.26 Å². The molecule has 0 radical (unpaired) electrons. The second kappa shape index (κ2) is 10.7. The van der Waals surface area contributed by atoms with Gasteiger partial charge in [-0.15, -0.1) is 0 Å². The molecule has 0 fully saturated rings. The van der Waals surface area contributed by atoms with Crippen LogP contribution in [0.3, 0.4) is 0 Å². The van der Waals surface area contributed by atoms with E-state index in [0.717, 1.165) is 17.2 Å². The summed E-state index contributed by atoms with van der Waals surface area (Å²) in [5.41, 5.74) is 0.758. The number of rotatable bonds is 11. The molecule has 0 atom stereocenters. The summed E-state index contributed by atoms with van der Waals surface area (Å²) in [6.07, 6.45) is 3.18. The predicted molar refractivity (Wildman–Crippen MR) is 104 cm³/mol. The number of oxazole rings is 1. The Labute approximate surface area is 164 Å². The fraction of sp³-hybridized carbons (Fsp3) is 0.368. The average molecular weight is 408 g/mol. The van der Waals surface area contributed by atoms with Crippen LogP contribution in [-0.4, -0.2) is 50.5 Å². The van der Waals surface area contributed by atoms with Crippen LogP contribution in [0.4, 0.5) is 0 Å². The van der Waals surface area contributed by atoms with Crippen molar-refractivity contribution in [1.29, 1.82) is 0 Å². The zero-order valence-corrected chi connectivity index (χ0v) is 16.7. The smallest absolute Gasteiger partial charge is 0.360 e. The van der Waals surface area contributed by atoms with Crippen molar-refractivity contribution in [1.82, 2.24) is 9.29 Å². The number of benzene rings is 1. The molecular weight excluding hydrogens is 384 g/mol. The van der Waals surface area contributed by atoms with Gasteiger partial charge in [-0.2, -0.15) is 4.31 Å². The van der Waals surface area contributed by atoms with Crippen molar-refractivity contribution in [2.45, 2.75) is 19.9 Å². The first-order chi connectivity index (χ1) is 13.5. The second-order valence-corrected chi connectivity index (χ2v) is 7.58. The molecule has 0 unspecified atom stereocenters. The first kappa shape index (κ1) is 21.8. The van der Waals surface area contributed by atoms with E-state index in [2.05, 4.69) is 9.72 Å². The van der Waals surface area contributed by atoms with E-state index in [9.17, 15) is 13.2 Å². The zero-order valence-electron chi connectivity index (χ0n) is 15.9. The Bertz CT molecular complexity index is 877.